The quantitative estimate of drug-likeness (QED) is 0.853. The van der Waals surface area contributed by atoms with E-state index in [9.17, 15) is 4.79 Å². The Kier molecular flexibility index (Phi) is 5.55. The highest BCUT2D eigenvalue weighted by Gasteiger charge is 2.08. The van der Waals surface area contributed by atoms with Gasteiger partial charge in [0, 0.05) is 6.54 Å². The summed E-state index contributed by atoms with van der Waals surface area (Å²) in [5.41, 5.74) is 8.30. The number of likely N-dealkylation sites (N-methyl/N-ethyl adjacent to an activating group) is 1. The Bertz CT molecular complexity index is 638. The lowest BCUT2D eigenvalue weighted by Gasteiger charge is -2.13. The Labute approximate surface area is 131 Å². The van der Waals surface area contributed by atoms with E-state index in [1.54, 1.807) is 0 Å². The molecule has 2 aromatic carbocycles. The first-order valence-electron chi connectivity index (χ1n) is 7.30. The molecule has 0 heterocycles. The molecule has 0 bridgehead atoms. The summed E-state index contributed by atoms with van der Waals surface area (Å²) in [7, 11) is 4.03. The number of benzene rings is 2. The average molecular weight is 298 g/mol. The number of nitrogens with two attached hydrogens (primary N) is 1. The van der Waals surface area contributed by atoms with Gasteiger partial charge in [-0.3, -0.25) is 4.79 Å². The monoisotopic (exact) mass is 298 g/mol. The fourth-order valence-electron chi connectivity index (χ4n) is 2.24. The molecular formula is C18H22N2O2. The molecule has 2 rings (SSSR count). The van der Waals surface area contributed by atoms with Gasteiger partial charge in [-0.05, 0) is 42.9 Å². The largest absolute Gasteiger partial charge is 0.492 e. The van der Waals surface area contributed by atoms with Gasteiger partial charge in [-0.2, -0.15) is 0 Å². The standard InChI is InChI=1S/C18H22N2O2/c1-20(2)10-11-22-16-8-5-7-14(12-16)17-9-4-3-6-15(17)13-18(19)21/h3-9,12H,10-11,13H2,1-2H3,(H2,19,21). The first-order valence-corrected chi connectivity index (χ1v) is 7.30. The summed E-state index contributed by atoms with van der Waals surface area (Å²) in [4.78, 5) is 13.3. The minimum Gasteiger partial charge on any atom is -0.492 e. The van der Waals surface area contributed by atoms with Crippen LogP contribution in [0.4, 0.5) is 0 Å². The normalized spacial score (nSPS) is 10.7. The number of hydrogen-bond donors (Lipinski definition) is 1. The molecule has 4 heteroatoms. The van der Waals surface area contributed by atoms with Crippen molar-refractivity contribution in [1.29, 1.82) is 0 Å². The van der Waals surface area contributed by atoms with Gasteiger partial charge in [-0.25, -0.2) is 0 Å². The third-order valence-corrected chi connectivity index (χ3v) is 3.33. The van der Waals surface area contributed by atoms with Gasteiger partial charge in [-0.1, -0.05) is 36.4 Å². The molecule has 0 aromatic heterocycles. The minimum atomic E-state index is -0.328. The predicted octanol–water partition coefficient (Wildman–Crippen LogP) is 2.32. The number of amides is 1. The highest BCUT2D eigenvalue weighted by molar-refractivity contribution is 5.80. The summed E-state index contributed by atoms with van der Waals surface area (Å²) in [6.07, 6.45) is 0.238. The molecule has 0 aliphatic heterocycles. The van der Waals surface area contributed by atoms with E-state index in [0.717, 1.165) is 29.0 Å². The van der Waals surface area contributed by atoms with Gasteiger partial charge in [0.25, 0.3) is 0 Å². The molecular weight excluding hydrogens is 276 g/mol. The van der Waals surface area contributed by atoms with E-state index in [1.807, 2.05) is 62.6 Å². The van der Waals surface area contributed by atoms with Crippen LogP contribution < -0.4 is 10.5 Å². The van der Waals surface area contributed by atoms with Crippen molar-refractivity contribution in [3.8, 4) is 16.9 Å². The van der Waals surface area contributed by atoms with Crippen molar-refractivity contribution in [3.63, 3.8) is 0 Å². The highest BCUT2D eigenvalue weighted by Crippen LogP contribution is 2.27. The molecule has 116 valence electrons. The van der Waals surface area contributed by atoms with Gasteiger partial charge in [0.15, 0.2) is 0 Å². The number of primary amides is 1. The van der Waals surface area contributed by atoms with Gasteiger partial charge in [-0.15, -0.1) is 0 Å². The van der Waals surface area contributed by atoms with Crippen molar-refractivity contribution in [1.82, 2.24) is 4.90 Å². The fourth-order valence-corrected chi connectivity index (χ4v) is 2.24. The number of carbonyl (C=O) groups excluding carboxylic acids is 1. The molecule has 0 saturated carbocycles. The van der Waals surface area contributed by atoms with Gasteiger partial charge in [0.05, 0.1) is 6.42 Å². The molecule has 4 nitrogen and oxygen atoms in total. The maximum Gasteiger partial charge on any atom is 0.221 e. The summed E-state index contributed by atoms with van der Waals surface area (Å²) in [5.74, 6) is 0.499. The Morgan fingerprint density at radius 1 is 1.14 bits per heavy atom. The van der Waals surface area contributed by atoms with E-state index < -0.39 is 0 Å². The Morgan fingerprint density at radius 2 is 1.91 bits per heavy atom. The smallest absolute Gasteiger partial charge is 0.221 e. The van der Waals surface area contributed by atoms with Crippen molar-refractivity contribution in [2.45, 2.75) is 6.42 Å². The Balaban J connectivity index is 2.20. The van der Waals surface area contributed by atoms with Crippen LogP contribution in [0.2, 0.25) is 0 Å². The van der Waals surface area contributed by atoms with E-state index in [2.05, 4.69) is 4.90 Å². The second-order valence-corrected chi connectivity index (χ2v) is 5.48. The van der Waals surface area contributed by atoms with Crippen LogP contribution in [0.1, 0.15) is 5.56 Å². The van der Waals surface area contributed by atoms with E-state index in [1.165, 1.54) is 0 Å². The molecule has 0 atom stereocenters. The van der Waals surface area contributed by atoms with Gasteiger partial charge < -0.3 is 15.4 Å². The SMILES string of the molecule is CN(C)CCOc1cccc(-c2ccccc2CC(N)=O)c1. The molecule has 2 N–H and O–H groups in total. The first kappa shape index (κ1) is 16.0. The molecule has 0 radical (unpaired) electrons. The van der Waals surface area contributed by atoms with Crippen LogP contribution in [0, 0.1) is 0 Å². The number of rotatable bonds is 7. The van der Waals surface area contributed by atoms with Crippen molar-refractivity contribution in [2.24, 2.45) is 5.73 Å². The van der Waals surface area contributed by atoms with E-state index >= 15 is 0 Å². The summed E-state index contributed by atoms with van der Waals surface area (Å²) in [5, 5.41) is 0. The van der Waals surface area contributed by atoms with Gasteiger partial charge in [0.2, 0.25) is 5.91 Å². The van der Waals surface area contributed by atoms with Crippen molar-refractivity contribution < 1.29 is 9.53 Å². The van der Waals surface area contributed by atoms with Crippen LogP contribution in [-0.2, 0) is 11.2 Å². The molecule has 2 aromatic rings. The van der Waals surface area contributed by atoms with Crippen LogP contribution in [0.3, 0.4) is 0 Å². The number of carbonyl (C=O) groups is 1. The summed E-state index contributed by atoms with van der Waals surface area (Å²) in [6, 6.07) is 15.7. The maximum absolute atomic E-state index is 11.2. The zero-order chi connectivity index (χ0) is 15.9. The minimum absolute atomic E-state index is 0.238. The summed E-state index contributed by atoms with van der Waals surface area (Å²) < 4.78 is 5.77. The number of hydrogen-bond acceptors (Lipinski definition) is 3. The molecule has 0 spiro atoms. The zero-order valence-electron chi connectivity index (χ0n) is 13.1. The second-order valence-electron chi connectivity index (χ2n) is 5.48. The molecule has 0 unspecified atom stereocenters. The fraction of sp³-hybridized carbons (Fsp3) is 0.278. The Hall–Kier alpha value is -2.33. The van der Waals surface area contributed by atoms with Gasteiger partial charge in [0.1, 0.15) is 12.4 Å². The predicted molar refractivity (Wildman–Crippen MR) is 88.8 cm³/mol. The average Bonchev–Trinajstić information content (AvgIpc) is 2.47. The third-order valence-electron chi connectivity index (χ3n) is 3.33. The zero-order valence-corrected chi connectivity index (χ0v) is 13.1. The topological polar surface area (TPSA) is 55.6 Å². The molecule has 0 aliphatic rings. The summed E-state index contributed by atoms with van der Waals surface area (Å²) >= 11 is 0. The van der Waals surface area contributed by atoms with Crippen LogP contribution in [0.25, 0.3) is 11.1 Å². The molecule has 0 fully saturated rings. The number of ether oxygens (including phenoxy) is 1. The van der Waals surface area contributed by atoms with E-state index in [4.69, 9.17) is 10.5 Å². The maximum atomic E-state index is 11.2. The lowest BCUT2D eigenvalue weighted by atomic mass is 9.97. The van der Waals surface area contributed by atoms with Crippen LogP contribution in [-0.4, -0.2) is 38.1 Å². The lowest BCUT2D eigenvalue weighted by molar-refractivity contribution is -0.117. The van der Waals surface area contributed by atoms with E-state index in [-0.39, 0.29) is 12.3 Å². The second kappa shape index (κ2) is 7.61. The Morgan fingerprint density at radius 3 is 2.64 bits per heavy atom. The molecule has 0 aliphatic carbocycles. The van der Waals surface area contributed by atoms with Gasteiger partial charge >= 0.3 is 0 Å². The van der Waals surface area contributed by atoms with Crippen molar-refractivity contribution >= 4 is 5.91 Å². The summed E-state index contributed by atoms with van der Waals surface area (Å²) in [6.45, 7) is 1.50. The lowest BCUT2D eigenvalue weighted by Crippen LogP contribution is -2.19. The molecule has 1 amide bonds. The van der Waals surface area contributed by atoms with Crippen molar-refractivity contribution in [2.75, 3.05) is 27.2 Å². The third kappa shape index (κ3) is 4.60. The number of nitrogens with zero attached hydrogens (tertiary/aromatic N) is 1. The van der Waals surface area contributed by atoms with E-state index in [0.29, 0.717) is 6.61 Å². The van der Waals surface area contributed by atoms with Crippen LogP contribution in [0.15, 0.2) is 48.5 Å². The molecule has 0 saturated heterocycles. The first-order chi connectivity index (χ1) is 10.6. The van der Waals surface area contributed by atoms with Crippen LogP contribution in [0.5, 0.6) is 5.75 Å². The van der Waals surface area contributed by atoms with Crippen molar-refractivity contribution in [3.05, 3.63) is 54.1 Å². The molecule has 22 heavy (non-hydrogen) atoms. The van der Waals surface area contributed by atoms with Crippen LogP contribution >= 0.6 is 0 Å². The highest BCUT2D eigenvalue weighted by atomic mass is 16.5.